The second-order valence-corrected chi connectivity index (χ2v) is 8.21. The molecule has 136 valence electrons. The van der Waals surface area contributed by atoms with E-state index in [1.807, 2.05) is 13.2 Å². The van der Waals surface area contributed by atoms with Gasteiger partial charge in [0.1, 0.15) is 0 Å². The molecule has 3 heterocycles. The van der Waals surface area contributed by atoms with Gasteiger partial charge in [-0.3, -0.25) is 14.4 Å². The minimum atomic E-state index is 0.00460. The highest BCUT2D eigenvalue weighted by atomic mass is 32.1. The number of thiazole rings is 1. The van der Waals surface area contributed by atoms with Gasteiger partial charge in [-0.1, -0.05) is 13.8 Å². The molecule has 1 aliphatic rings. The Bertz CT molecular complexity index is 700. The third-order valence-corrected chi connectivity index (χ3v) is 5.33. The average molecular weight is 362 g/mol. The first-order valence-corrected chi connectivity index (χ1v) is 9.80. The summed E-state index contributed by atoms with van der Waals surface area (Å²) in [6, 6.07) is 0. The molecule has 2 aromatic rings. The summed E-state index contributed by atoms with van der Waals surface area (Å²) in [4.78, 5) is 19.2. The lowest BCUT2D eigenvalue weighted by atomic mass is 9.92. The molecule has 0 saturated carbocycles. The third kappa shape index (κ3) is 5.37. The second kappa shape index (κ2) is 8.10. The molecule has 0 radical (unpaired) electrons. The van der Waals surface area contributed by atoms with Gasteiger partial charge in [0.05, 0.1) is 11.9 Å². The summed E-state index contributed by atoms with van der Waals surface area (Å²) in [6.45, 7) is 7.77. The molecule has 1 aliphatic heterocycles. The lowest BCUT2D eigenvalue weighted by Gasteiger charge is -2.34. The van der Waals surface area contributed by atoms with Gasteiger partial charge in [0.25, 0.3) is 0 Å². The van der Waals surface area contributed by atoms with Crippen LogP contribution in [0.4, 0.5) is 5.13 Å². The molecule has 7 heteroatoms. The number of likely N-dealkylation sites (tertiary alicyclic amines) is 1. The molecule has 3 rings (SSSR count). The van der Waals surface area contributed by atoms with Crippen LogP contribution in [0.1, 0.15) is 37.9 Å². The molecule has 1 amide bonds. The topological polar surface area (TPSA) is 63.1 Å². The van der Waals surface area contributed by atoms with Crippen LogP contribution in [-0.2, 0) is 24.8 Å². The normalized spacial score (nSPS) is 21.4. The van der Waals surface area contributed by atoms with Crippen molar-refractivity contribution in [2.45, 2.75) is 39.7 Å². The molecule has 6 nitrogen and oxygen atoms in total. The van der Waals surface area contributed by atoms with Crippen LogP contribution in [0.15, 0.2) is 17.8 Å². The van der Waals surface area contributed by atoms with Crippen LogP contribution in [0.5, 0.6) is 0 Å². The Morgan fingerprint density at radius 2 is 2.12 bits per heavy atom. The Morgan fingerprint density at radius 3 is 2.80 bits per heavy atom. The van der Waals surface area contributed by atoms with E-state index in [-0.39, 0.29) is 5.91 Å². The summed E-state index contributed by atoms with van der Waals surface area (Å²) in [5, 5.41) is 9.79. The van der Waals surface area contributed by atoms with Crippen molar-refractivity contribution in [1.29, 1.82) is 0 Å². The van der Waals surface area contributed by atoms with Crippen LogP contribution in [0.3, 0.4) is 0 Å². The van der Waals surface area contributed by atoms with Crippen LogP contribution in [0, 0.1) is 11.8 Å². The predicted molar refractivity (Wildman–Crippen MR) is 100 cm³/mol. The maximum Gasteiger partial charge on any atom is 0.226 e. The number of amides is 1. The second-order valence-electron chi connectivity index (χ2n) is 7.35. The molecule has 2 atom stereocenters. The van der Waals surface area contributed by atoms with E-state index in [0.717, 1.165) is 42.7 Å². The van der Waals surface area contributed by atoms with E-state index in [1.165, 1.54) is 17.8 Å². The van der Waals surface area contributed by atoms with E-state index in [4.69, 9.17) is 0 Å². The van der Waals surface area contributed by atoms with Crippen molar-refractivity contribution >= 4 is 22.4 Å². The fourth-order valence-electron chi connectivity index (χ4n) is 3.63. The van der Waals surface area contributed by atoms with Crippen molar-refractivity contribution in [3.05, 3.63) is 29.0 Å². The number of aromatic nitrogens is 3. The molecule has 1 saturated heterocycles. The van der Waals surface area contributed by atoms with Gasteiger partial charge in [0, 0.05) is 44.7 Å². The molecule has 0 bridgehead atoms. The summed E-state index contributed by atoms with van der Waals surface area (Å²) in [5.41, 5.74) is 2.12. The van der Waals surface area contributed by atoms with Crippen molar-refractivity contribution in [3.63, 3.8) is 0 Å². The maximum atomic E-state index is 12.1. The van der Waals surface area contributed by atoms with Crippen molar-refractivity contribution in [3.8, 4) is 0 Å². The van der Waals surface area contributed by atoms with Crippen LogP contribution < -0.4 is 5.32 Å². The summed E-state index contributed by atoms with van der Waals surface area (Å²) >= 11 is 1.51. The van der Waals surface area contributed by atoms with E-state index in [1.54, 1.807) is 10.9 Å². The Balaban J connectivity index is 1.47. The maximum absolute atomic E-state index is 12.1. The highest BCUT2D eigenvalue weighted by Gasteiger charge is 2.22. The lowest BCUT2D eigenvalue weighted by molar-refractivity contribution is -0.116. The van der Waals surface area contributed by atoms with Crippen LogP contribution in [0.2, 0.25) is 0 Å². The molecule has 1 fully saturated rings. The van der Waals surface area contributed by atoms with Gasteiger partial charge in [-0.25, -0.2) is 4.98 Å². The van der Waals surface area contributed by atoms with Gasteiger partial charge in [0.15, 0.2) is 5.13 Å². The monoisotopic (exact) mass is 361 g/mol. The van der Waals surface area contributed by atoms with Gasteiger partial charge in [-0.2, -0.15) is 5.10 Å². The summed E-state index contributed by atoms with van der Waals surface area (Å²) in [5.74, 6) is 1.49. The number of aryl methyl sites for hydroxylation is 2. The van der Waals surface area contributed by atoms with Crippen molar-refractivity contribution in [2.75, 3.05) is 18.4 Å². The zero-order chi connectivity index (χ0) is 17.8. The fourth-order valence-corrected chi connectivity index (χ4v) is 4.35. The highest BCUT2D eigenvalue weighted by Crippen LogP contribution is 2.24. The number of anilines is 1. The average Bonchev–Trinajstić information content (AvgIpc) is 3.13. The van der Waals surface area contributed by atoms with E-state index in [2.05, 4.69) is 39.5 Å². The standard InChI is InChI=1S/C18H27N5OS/c1-13-6-14(2)9-23(8-13)11-16-12-25-18(20-16)21-17(24)5-4-15-7-19-22(3)10-15/h7,10,12-14H,4-6,8-9,11H2,1-3H3,(H,20,21,24)/t13-,14-/m0/s1. The first-order chi connectivity index (χ1) is 12.0. The molecule has 0 aliphatic carbocycles. The van der Waals surface area contributed by atoms with Crippen molar-refractivity contribution < 1.29 is 4.79 Å². The molecular formula is C18H27N5OS. The Kier molecular flexibility index (Phi) is 5.86. The zero-order valence-electron chi connectivity index (χ0n) is 15.2. The number of carbonyl (C=O) groups excluding carboxylic acids is 1. The van der Waals surface area contributed by atoms with Gasteiger partial charge in [-0.15, -0.1) is 11.3 Å². The summed E-state index contributed by atoms with van der Waals surface area (Å²) in [6.07, 6.45) is 6.19. The minimum absolute atomic E-state index is 0.00460. The third-order valence-electron chi connectivity index (χ3n) is 4.53. The number of nitrogens with zero attached hydrogens (tertiary/aromatic N) is 4. The first kappa shape index (κ1) is 18.1. The predicted octanol–water partition coefficient (Wildman–Crippen LogP) is 2.93. The molecular weight excluding hydrogens is 334 g/mol. The van der Waals surface area contributed by atoms with Crippen LogP contribution >= 0.6 is 11.3 Å². The van der Waals surface area contributed by atoms with E-state index in [0.29, 0.717) is 18.0 Å². The summed E-state index contributed by atoms with van der Waals surface area (Å²) in [7, 11) is 1.88. The molecule has 25 heavy (non-hydrogen) atoms. The number of hydrogen-bond acceptors (Lipinski definition) is 5. The Morgan fingerprint density at radius 1 is 1.36 bits per heavy atom. The van der Waals surface area contributed by atoms with Crippen LogP contribution in [-0.4, -0.2) is 38.7 Å². The Labute approximate surface area is 153 Å². The van der Waals surface area contributed by atoms with Gasteiger partial charge < -0.3 is 5.32 Å². The molecule has 2 aromatic heterocycles. The number of piperidine rings is 1. The largest absolute Gasteiger partial charge is 0.302 e. The Hall–Kier alpha value is -1.73. The first-order valence-electron chi connectivity index (χ1n) is 8.92. The summed E-state index contributed by atoms with van der Waals surface area (Å²) < 4.78 is 1.75. The molecule has 0 aromatic carbocycles. The SMILES string of the molecule is C[C@H]1C[C@H](C)CN(Cc2csc(NC(=O)CCc3cnn(C)c3)n2)C1. The van der Waals surface area contributed by atoms with Gasteiger partial charge in [0.2, 0.25) is 5.91 Å². The number of hydrogen-bond donors (Lipinski definition) is 1. The minimum Gasteiger partial charge on any atom is -0.302 e. The lowest BCUT2D eigenvalue weighted by Crippen LogP contribution is -2.38. The van der Waals surface area contributed by atoms with Gasteiger partial charge >= 0.3 is 0 Å². The van der Waals surface area contributed by atoms with Crippen molar-refractivity contribution in [1.82, 2.24) is 19.7 Å². The number of rotatable bonds is 6. The quantitative estimate of drug-likeness (QED) is 0.859. The number of nitrogens with one attached hydrogen (secondary N) is 1. The van der Waals surface area contributed by atoms with E-state index in [9.17, 15) is 4.79 Å². The number of carbonyl (C=O) groups is 1. The molecule has 0 spiro atoms. The van der Waals surface area contributed by atoms with E-state index >= 15 is 0 Å². The van der Waals surface area contributed by atoms with Crippen LogP contribution in [0.25, 0.3) is 0 Å². The highest BCUT2D eigenvalue weighted by molar-refractivity contribution is 7.13. The van der Waals surface area contributed by atoms with E-state index < -0.39 is 0 Å². The zero-order valence-corrected chi connectivity index (χ0v) is 16.1. The van der Waals surface area contributed by atoms with Gasteiger partial charge in [-0.05, 0) is 30.2 Å². The smallest absolute Gasteiger partial charge is 0.226 e. The molecule has 1 N–H and O–H groups in total. The fraction of sp³-hybridized carbons (Fsp3) is 0.611. The molecule has 0 unspecified atom stereocenters. The van der Waals surface area contributed by atoms with Crippen molar-refractivity contribution in [2.24, 2.45) is 18.9 Å².